The number of aryl methyl sites for hydroxylation is 3. The predicted molar refractivity (Wildman–Crippen MR) is 118 cm³/mol. The van der Waals surface area contributed by atoms with E-state index in [0.717, 1.165) is 21.7 Å². The van der Waals surface area contributed by atoms with Crippen LogP contribution in [0.1, 0.15) is 40.9 Å². The van der Waals surface area contributed by atoms with Gasteiger partial charge in [0.25, 0.3) is 0 Å². The van der Waals surface area contributed by atoms with Crippen molar-refractivity contribution in [3.63, 3.8) is 0 Å². The number of ether oxygens (including phenoxy) is 1. The van der Waals surface area contributed by atoms with E-state index >= 15 is 0 Å². The standard InChI is InChI=1S/C22H28N2O5S/c1-7-29-22(26)18-8-9-20(16(4)13-18)23-21(25)17(5)24(30(6,27)28)19-11-14(2)10-15(3)12-19/h8-13,17H,7H2,1-6H3,(H,23,25). The Labute approximate surface area is 178 Å². The van der Waals surface area contributed by atoms with Gasteiger partial charge < -0.3 is 10.1 Å². The maximum absolute atomic E-state index is 12.9. The van der Waals surface area contributed by atoms with Crippen molar-refractivity contribution in [2.45, 2.75) is 40.7 Å². The average molecular weight is 433 g/mol. The van der Waals surface area contributed by atoms with Crippen LogP contribution in [0.2, 0.25) is 0 Å². The van der Waals surface area contributed by atoms with Gasteiger partial charge in [-0.05, 0) is 81.6 Å². The molecule has 1 unspecified atom stereocenters. The van der Waals surface area contributed by atoms with Crippen molar-refractivity contribution in [1.29, 1.82) is 0 Å². The van der Waals surface area contributed by atoms with Crippen LogP contribution in [-0.4, -0.2) is 39.2 Å². The first-order valence-electron chi connectivity index (χ1n) is 9.60. The molecule has 0 aliphatic rings. The van der Waals surface area contributed by atoms with Gasteiger partial charge in [-0.2, -0.15) is 0 Å². The fourth-order valence-corrected chi connectivity index (χ4v) is 4.43. The molecular weight excluding hydrogens is 404 g/mol. The van der Waals surface area contributed by atoms with Crippen molar-refractivity contribution in [1.82, 2.24) is 0 Å². The van der Waals surface area contributed by atoms with Gasteiger partial charge in [-0.3, -0.25) is 9.10 Å². The monoisotopic (exact) mass is 432 g/mol. The molecule has 1 amide bonds. The highest BCUT2D eigenvalue weighted by molar-refractivity contribution is 7.92. The second kappa shape index (κ2) is 9.30. The number of hydrogen-bond donors (Lipinski definition) is 1. The van der Waals surface area contributed by atoms with E-state index in [-0.39, 0.29) is 6.61 Å². The third-order valence-corrected chi connectivity index (χ3v) is 5.79. The molecule has 2 aromatic rings. The highest BCUT2D eigenvalue weighted by Gasteiger charge is 2.29. The van der Waals surface area contributed by atoms with Crippen molar-refractivity contribution in [3.05, 3.63) is 58.7 Å². The largest absolute Gasteiger partial charge is 0.462 e. The van der Waals surface area contributed by atoms with Crippen LogP contribution in [0.4, 0.5) is 11.4 Å². The van der Waals surface area contributed by atoms with E-state index in [1.165, 1.54) is 6.92 Å². The van der Waals surface area contributed by atoms with Crippen LogP contribution in [0, 0.1) is 20.8 Å². The summed E-state index contributed by atoms with van der Waals surface area (Å²) >= 11 is 0. The van der Waals surface area contributed by atoms with Crippen LogP contribution in [0.3, 0.4) is 0 Å². The number of amides is 1. The van der Waals surface area contributed by atoms with E-state index in [2.05, 4.69) is 5.32 Å². The molecule has 0 heterocycles. The quantitative estimate of drug-likeness (QED) is 0.675. The summed E-state index contributed by atoms with van der Waals surface area (Å²) < 4.78 is 31.1. The molecule has 0 aliphatic heterocycles. The molecule has 0 radical (unpaired) electrons. The number of anilines is 2. The Kier molecular flexibility index (Phi) is 7.25. The number of sulfonamides is 1. The Hall–Kier alpha value is -2.87. The first-order valence-corrected chi connectivity index (χ1v) is 11.4. The first-order chi connectivity index (χ1) is 13.9. The fourth-order valence-electron chi connectivity index (χ4n) is 3.27. The van der Waals surface area contributed by atoms with Gasteiger partial charge in [-0.1, -0.05) is 6.07 Å². The highest BCUT2D eigenvalue weighted by atomic mass is 32.2. The topological polar surface area (TPSA) is 92.8 Å². The SMILES string of the molecule is CCOC(=O)c1ccc(NC(=O)C(C)N(c2cc(C)cc(C)c2)S(C)(=O)=O)c(C)c1. The lowest BCUT2D eigenvalue weighted by atomic mass is 10.1. The van der Waals surface area contributed by atoms with Gasteiger partial charge in [-0.25, -0.2) is 13.2 Å². The highest BCUT2D eigenvalue weighted by Crippen LogP contribution is 2.25. The minimum absolute atomic E-state index is 0.271. The summed E-state index contributed by atoms with van der Waals surface area (Å²) in [6, 6.07) is 9.20. The van der Waals surface area contributed by atoms with Crippen LogP contribution < -0.4 is 9.62 Å². The number of rotatable bonds is 7. The zero-order valence-corrected chi connectivity index (χ0v) is 19.0. The molecule has 0 aromatic heterocycles. The van der Waals surface area contributed by atoms with Crippen LogP contribution in [0.25, 0.3) is 0 Å². The molecule has 0 saturated heterocycles. The van der Waals surface area contributed by atoms with Gasteiger partial charge in [0.05, 0.1) is 24.1 Å². The number of carbonyl (C=O) groups is 2. The maximum Gasteiger partial charge on any atom is 0.338 e. The van der Waals surface area contributed by atoms with Crippen molar-refractivity contribution in [3.8, 4) is 0 Å². The number of hydrogen-bond acceptors (Lipinski definition) is 5. The summed E-state index contributed by atoms with van der Waals surface area (Å²) in [5, 5.41) is 2.76. The number of benzene rings is 2. The van der Waals surface area contributed by atoms with Crippen molar-refractivity contribution < 1.29 is 22.7 Å². The Bertz CT molecular complexity index is 1040. The lowest BCUT2D eigenvalue weighted by Gasteiger charge is -2.29. The molecule has 7 nitrogen and oxygen atoms in total. The third kappa shape index (κ3) is 5.60. The number of nitrogens with zero attached hydrogens (tertiary/aromatic N) is 1. The number of nitrogens with one attached hydrogen (secondary N) is 1. The van der Waals surface area contributed by atoms with Crippen molar-refractivity contribution >= 4 is 33.3 Å². The Morgan fingerprint density at radius 2 is 1.67 bits per heavy atom. The molecular formula is C22H28N2O5S. The molecule has 0 aliphatic carbocycles. The molecule has 2 rings (SSSR count). The van der Waals surface area contributed by atoms with Gasteiger partial charge in [0.15, 0.2) is 0 Å². The zero-order chi connectivity index (χ0) is 22.6. The summed E-state index contributed by atoms with van der Waals surface area (Å²) in [5.74, 6) is -0.920. The molecule has 1 atom stereocenters. The van der Waals surface area contributed by atoms with E-state index in [4.69, 9.17) is 4.74 Å². The zero-order valence-electron chi connectivity index (χ0n) is 18.1. The molecule has 162 valence electrons. The summed E-state index contributed by atoms with van der Waals surface area (Å²) in [5.41, 5.74) is 3.78. The van der Waals surface area contributed by atoms with Crippen LogP contribution in [0.5, 0.6) is 0 Å². The lowest BCUT2D eigenvalue weighted by molar-refractivity contribution is -0.116. The summed E-state index contributed by atoms with van der Waals surface area (Å²) in [4.78, 5) is 24.8. The second-order valence-electron chi connectivity index (χ2n) is 7.32. The van der Waals surface area contributed by atoms with Gasteiger partial charge in [0, 0.05) is 5.69 Å². The Morgan fingerprint density at radius 1 is 1.07 bits per heavy atom. The van der Waals surface area contributed by atoms with Crippen LogP contribution >= 0.6 is 0 Å². The Balaban J connectivity index is 2.31. The summed E-state index contributed by atoms with van der Waals surface area (Å²) in [6.45, 7) is 9.03. The van der Waals surface area contributed by atoms with Crippen LogP contribution in [0.15, 0.2) is 36.4 Å². The normalized spacial score (nSPS) is 12.2. The third-order valence-electron chi connectivity index (χ3n) is 4.54. The van der Waals surface area contributed by atoms with Crippen molar-refractivity contribution in [2.75, 3.05) is 22.5 Å². The summed E-state index contributed by atoms with van der Waals surface area (Å²) in [6.07, 6.45) is 1.08. The van der Waals surface area contributed by atoms with Gasteiger partial charge in [0.2, 0.25) is 15.9 Å². The molecule has 1 N–H and O–H groups in total. The van der Waals surface area contributed by atoms with E-state index < -0.39 is 27.9 Å². The smallest absolute Gasteiger partial charge is 0.338 e. The molecule has 0 fully saturated rings. The lowest BCUT2D eigenvalue weighted by Crippen LogP contribution is -2.45. The second-order valence-corrected chi connectivity index (χ2v) is 9.18. The van der Waals surface area contributed by atoms with E-state index in [1.807, 2.05) is 19.9 Å². The molecule has 8 heteroatoms. The van der Waals surface area contributed by atoms with E-state index in [0.29, 0.717) is 22.5 Å². The maximum atomic E-state index is 12.9. The predicted octanol–water partition coefficient (Wildman–Crippen LogP) is 3.58. The van der Waals surface area contributed by atoms with Crippen molar-refractivity contribution in [2.24, 2.45) is 0 Å². The Morgan fingerprint density at radius 3 is 2.17 bits per heavy atom. The van der Waals surface area contributed by atoms with E-state index in [1.54, 1.807) is 44.2 Å². The van der Waals surface area contributed by atoms with Gasteiger partial charge in [0.1, 0.15) is 6.04 Å². The summed E-state index contributed by atoms with van der Waals surface area (Å²) in [7, 11) is -3.71. The number of carbonyl (C=O) groups excluding carboxylic acids is 2. The van der Waals surface area contributed by atoms with Gasteiger partial charge >= 0.3 is 5.97 Å². The van der Waals surface area contributed by atoms with E-state index in [9.17, 15) is 18.0 Å². The average Bonchev–Trinajstić information content (AvgIpc) is 2.61. The minimum Gasteiger partial charge on any atom is -0.462 e. The fraction of sp³-hybridized carbons (Fsp3) is 0.364. The molecule has 0 saturated carbocycles. The number of esters is 1. The molecule has 0 spiro atoms. The van der Waals surface area contributed by atoms with Gasteiger partial charge in [-0.15, -0.1) is 0 Å². The molecule has 2 aromatic carbocycles. The molecule has 0 bridgehead atoms. The van der Waals surface area contributed by atoms with Crippen LogP contribution in [-0.2, 0) is 19.6 Å². The minimum atomic E-state index is -3.71. The first kappa shape index (κ1) is 23.4. The molecule has 30 heavy (non-hydrogen) atoms.